The zero-order valence-corrected chi connectivity index (χ0v) is 20.4. The topological polar surface area (TPSA) is 105 Å². The van der Waals surface area contributed by atoms with Crippen LogP contribution >= 0.6 is 0 Å². The van der Waals surface area contributed by atoms with Gasteiger partial charge in [-0.05, 0) is 50.1 Å². The second-order valence-electron chi connectivity index (χ2n) is 8.93. The summed E-state index contributed by atoms with van der Waals surface area (Å²) in [5.41, 5.74) is 11.9. The first-order valence-electron chi connectivity index (χ1n) is 11.5. The van der Waals surface area contributed by atoms with Gasteiger partial charge in [0.25, 0.3) is 0 Å². The van der Waals surface area contributed by atoms with Crippen molar-refractivity contribution in [2.45, 2.75) is 53.0 Å². The standard InChI is InChI=1S/C26H31N7O/c1-6-26(4,5)23-13-9-11-18(28-23)15-33-16-22(31-32-33)21-14-20(29-25(27)30-21)19-12-8-10-17(3)24(19)34-7-2/h8-14,16H,6-7,15H2,1-5H3,(H2,27,29,30). The molecule has 0 fully saturated rings. The third-order valence-electron chi connectivity index (χ3n) is 6.03. The van der Waals surface area contributed by atoms with Gasteiger partial charge in [-0.2, -0.15) is 0 Å². The van der Waals surface area contributed by atoms with Crippen molar-refractivity contribution in [3.05, 3.63) is 65.6 Å². The minimum absolute atomic E-state index is 0.0224. The molecule has 8 heteroatoms. The lowest BCUT2D eigenvalue weighted by atomic mass is 9.86. The molecule has 8 nitrogen and oxygen atoms in total. The molecule has 0 bridgehead atoms. The fourth-order valence-electron chi connectivity index (χ4n) is 3.71. The Hall–Kier alpha value is -3.81. The number of nitrogens with zero attached hydrogens (tertiary/aromatic N) is 6. The Morgan fingerprint density at radius 1 is 0.971 bits per heavy atom. The first-order chi connectivity index (χ1) is 16.3. The third-order valence-corrected chi connectivity index (χ3v) is 6.03. The number of aromatic nitrogens is 6. The number of pyridine rings is 1. The number of rotatable bonds is 8. The maximum Gasteiger partial charge on any atom is 0.221 e. The molecule has 0 spiro atoms. The Morgan fingerprint density at radius 2 is 1.74 bits per heavy atom. The maximum absolute atomic E-state index is 6.07. The molecule has 3 heterocycles. The summed E-state index contributed by atoms with van der Waals surface area (Å²) in [6, 6.07) is 13.9. The van der Waals surface area contributed by atoms with Crippen molar-refractivity contribution in [1.82, 2.24) is 29.9 Å². The van der Waals surface area contributed by atoms with Crippen LogP contribution in [0.3, 0.4) is 0 Å². The SMILES string of the molecule is CCOc1c(C)cccc1-c1cc(-c2cn(Cc3cccc(C(C)(C)CC)n3)nn2)nc(N)n1. The fraction of sp³-hybridized carbons (Fsp3) is 0.346. The van der Waals surface area contributed by atoms with E-state index in [0.29, 0.717) is 30.2 Å². The van der Waals surface area contributed by atoms with E-state index in [1.165, 1.54) is 0 Å². The summed E-state index contributed by atoms with van der Waals surface area (Å²) in [6.07, 6.45) is 2.87. The summed E-state index contributed by atoms with van der Waals surface area (Å²) >= 11 is 0. The van der Waals surface area contributed by atoms with Gasteiger partial charge in [-0.15, -0.1) is 5.10 Å². The van der Waals surface area contributed by atoms with Crippen LogP contribution in [0.15, 0.2) is 48.7 Å². The van der Waals surface area contributed by atoms with E-state index in [1.807, 2.05) is 56.4 Å². The quantitative estimate of drug-likeness (QED) is 0.404. The highest BCUT2D eigenvalue weighted by Crippen LogP contribution is 2.33. The van der Waals surface area contributed by atoms with Gasteiger partial charge in [0.2, 0.25) is 5.95 Å². The summed E-state index contributed by atoms with van der Waals surface area (Å²) in [7, 11) is 0. The minimum Gasteiger partial charge on any atom is -0.493 e. The first-order valence-corrected chi connectivity index (χ1v) is 11.5. The number of anilines is 1. The number of nitrogens with two attached hydrogens (primary N) is 1. The lowest BCUT2D eigenvalue weighted by molar-refractivity contribution is 0.339. The predicted molar refractivity (Wildman–Crippen MR) is 133 cm³/mol. The Bertz CT molecular complexity index is 1300. The van der Waals surface area contributed by atoms with Gasteiger partial charge in [-0.25, -0.2) is 14.6 Å². The van der Waals surface area contributed by atoms with Gasteiger partial charge < -0.3 is 10.5 Å². The van der Waals surface area contributed by atoms with Crippen LogP contribution in [0.1, 0.15) is 51.1 Å². The van der Waals surface area contributed by atoms with Crippen LogP contribution in [0, 0.1) is 6.92 Å². The second kappa shape index (κ2) is 9.59. The van der Waals surface area contributed by atoms with Crippen molar-refractivity contribution in [2.75, 3.05) is 12.3 Å². The van der Waals surface area contributed by atoms with Crippen LogP contribution in [-0.4, -0.2) is 36.6 Å². The van der Waals surface area contributed by atoms with Gasteiger partial charge in [-0.1, -0.05) is 44.2 Å². The van der Waals surface area contributed by atoms with Crippen molar-refractivity contribution in [3.8, 4) is 28.4 Å². The van der Waals surface area contributed by atoms with Gasteiger partial charge in [0.05, 0.1) is 36.4 Å². The molecule has 4 aromatic rings. The largest absolute Gasteiger partial charge is 0.493 e. The summed E-state index contributed by atoms with van der Waals surface area (Å²) in [6.45, 7) is 11.6. The second-order valence-corrected chi connectivity index (χ2v) is 8.93. The number of hydrogen-bond acceptors (Lipinski definition) is 7. The summed E-state index contributed by atoms with van der Waals surface area (Å²) in [4.78, 5) is 13.7. The molecule has 0 aliphatic heterocycles. The molecule has 0 saturated carbocycles. The van der Waals surface area contributed by atoms with Crippen molar-refractivity contribution in [1.29, 1.82) is 0 Å². The fourth-order valence-corrected chi connectivity index (χ4v) is 3.71. The predicted octanol–water partition coefficient (Wildman–Crippen LogP) is 4.82. The lowest BCUT2D eigenvalue weighted by Crippen LogP contribution is -2.18. The number of nitrogen functional groups attached to an aromatic ring is 1. The third kappa shape index (κ3) is 4.90. The number of para-hydroxylation sites is 1. The van der Waals surface area contributed by atoms with Crippen LogP contribution in [0.5, 0.6) is 5.75 Å². The molecule has 0 atom stereocenters. The number of hydrogen-bond donors (Lipinski definition) is 1. The summed E-state index contributed by atoms with van der Waals surface area (Å²) in [5, 5.41) is 8.62. The Balaban J connectivity index is 1.64. The molecule has 3 aromatic heterocycles. The van der Waals surface area contributed by atoms with Crippen molar-refractivity contribution in [2.24, 2.45) is 0 Å². The molecule has 0 aliphatic rings. The van der Waals surface area contributed by atoms with Gasteiger partial charge in [0, 0.05) is 16.7 Å². The maximum atomic E-state index is 6.07. The van der Waals surface area contributed by atoms with E-state index in [1.54, 1.807) is 4.68 Å². The molecular formula is C26H31N7O. The molecule has 0 unspecified atom stereocenters. The monoisotopic (exact) mass is 457 g/mol. The van der Waals surface area contributed by atoms with Crippen LogP contribution in [-0.2, 0) is 12.0 Å². The van der Waals surface area contributed by atoms with E-state index in [2.05, 4.69) is 47.1 Å². The van der Waals surface area contributed by atoms with Crippen LogP contribution in [0.25, 0.3) is 22.6 Å². The van der Waals surface area contributed by atoms with Crippen molar-refractivity contribution in [3.63, 3.8) is 0 Å². The Morgan fingerprint density at radius 3 is 2.50 bits per heavy atom. The zero-order valence-electron chi connectivity index (χ0n) is 20.4. The summed E-state index contributed by atoms with van der Waals surface area (Å²) in [5.74, 6) is 0.959. The molecule has 0 saturated heterocycles. The molecule has 0 aliphatic carbocycles. The lowest BCUT2D eigenvalue weighted by Gasteiger charge is -2.22. The van der Waals surface area contributed by atoms with E-state index in [9.17, 15) is 0 Å². The van der Waals surface area contributed by atoms with Crippen LogP contribution in [0.4, 0.5) is 5.95 Å². The van der Waals surface area contributed by atoms with Crippen molar-refractivity contribution < 1.29 is 4.74 Å². The van der Waals surface area contributed by atoms with E-state index in [-0.39, 0.29) is 11.4 Å². The highest BCUT2D eigenvalue weighted by Gasteiger charge is 2.20. The Labute approximate surface area is 200 Å². The molecule has 176 valence electrons. The van der Waals surface area contributed by atoms with Gasteiger partial charge >= 0.3 is 0 Å². The van der Waals surface area contributed by atoms with E-state index in [0.717, 1.165) is 34.7 Å². The average Bonchev–Trinajstić information content (AvgIpc) is 3.29. The van der Waals surface area contributed by atoms with E-state index >= 15 is 0 Å². The molecule has 34 heavy (non-hydrogen) atoms. The van der Waals surface area contributed by atoms with E-state index in [4.69, 9.17) is 15.5 Å². The normalized spacial score (nSPS) is 11.6. The van der Waals surface area contributed by atoms with Gasteiger partial charge in [-0.3, -0.25) is 4.98 Å². The Kier molecular flexibility index (Phi) is 6.58. The smallest absolute Gasteiger partial charge is 0.221 e. The van der Waals surface area contributed by atoms with E-state index < -0.39 is 0 Å². The van der Waals surface area contributed by atoms with Crippen LogP contribution in [0.2, 0.25) is 0 Å². The van der Waals surface area contributed by atoms with Crippen molar-refractivity contribution >= 4 is 5.95 Å². The molecular weight excluding hydrogens is 426 g/mol. The average molecular weight is 458 g/mol. The minimum atomic E-state index is 0.0224. The zero-order chi connectivity index (χ0) is 24.3. The molecule has 1 aromatic carbocycles. The highest BCUT2D eigenvalue weighted by atomic mass is 16.5. The number of aryl methyl sites for hydroxylation is 1. The molecule has 4 rings (SSSR count). The molecule has 0 amide bonds. The molecule has 2 N–H and O–H groups in total. The number of ether oxygens (including phenoxy) is 1. The summed E-state index contributed by atoms with van der Waals surface area (Å²) < 4.78 is 7.64. The highest BCUT2D eigenvalue weighted by molar-refractivity contribution is 5.73. The van der Waals surface area contributed by atoms with Gasteiger partial charge in [0.1, 0.15) is 11.4 Å². The van der Waals surface area contributed by atoms with Crippen LogP contribution < -0.4 is 10.5 Å². The first kappa shape index (κ1) is 23.4. The van der Waals surface area contributed by atoms with Gasteiger partial charge in [0.15, 0.2) is 0 Å². The molecule has 0 radical (unpaired) electrons. The number of benzene rings is 1.